The smallest absolute Gasteiger partial charge is 0.407 e. The van der Waals surface area contributed by atoms with Crippen molar-refractivity contribution >= 4 is 12.1 Å². The van der Waals surface area contributed by atoms with Gasteiger partial charge in [0.2, 0.25) is 0 Å². The average Bonchev–Trinajstić information content (AvgIpc) is 2.36. The topological polar surface area (TPSA) is 78.9 Å². The van der Waals surface area contributed by atoms with E-state index < -0.39 is 12.1 Å². The van der Waals surface area contributed by atoms with Gasteiger partial charge in [-0.1, -0.05) is 6.92 Å². The first-order valence-electron chi connectivity index (χ1n) is 7.35. The van der Waals surface area contributed by atoms with Crippen LogP contribution < -0.4 is 5.32 Å². The maximum Gasteiger partial charge on any atom is 0.407 e. The van der Waals surface area contributed by atoms with Crippen molar-refractivity contribution in [2.75, 3.05) is 19.7 Å². The van der Waals surface area contributed by atoms with Crippen LogP contribution in [0.3, 0.4) is 0 Å². The summed E-state index contributed by atoms with van der Waals surface area (Å²) in [6.45, 7) is 7.88. The molecule has 0 aromatic carbocycles. The number of piperidine rings is 1. The molecule has 0 aliphatic carbocycles. The quantitative estimate of drug-likeness (QED) is 0.777. The van der Waals surface area contributed by atoms with Gasteiger partial charge in [-0.2, -0.15) is 0 Å². The number of carboxylic acid groups (broad SMARTS) is 1. The summed E-state index contributed by atoms with van der Waals surface area (Å²) in [7, 11) is 0. The van der Waals surface area contributed by atoms with Crippen LogP contribution in [0.2, 0.25) is 0 Å². The first kappa shape index (κ1) is 16.8. The van der Waals surface area contributed by atoms with Gasteiger partial charge in [-0.15, -0.1) is 0 Å². The highest BCUT2D eigenvalue weighted by Crippen LogP contribution is 2.22. The fourth-order valence-electron chi connectivity index (χ4n) is 2.70. The summed E-state index contributed by atoms with van der Waals surface area (Å²) in [6.07, 6.45) is 1.43. The third-order valence-electron chi connectivity index (χ3n) is 3.84. The number of hydrogen-bond acceptors (Lipinski definition) is 4. The number of nitrogens with zero attached hydrogens (tertiary/aromatic N) is 1. The minimum Gasteiger partial charge on any atom is -0.481 e. The van der Waals surface area contributed by atoms with Crippen LogP contribution in [-0.2, 0) is 9.53 Å². The second-order valence-electron chi connectivity index (χ2n) is 5.47. The molecule has 2 N–H and O–H groups in total. The largest absolute Gasteiger partial charge is 0.481 e. The normalized spacial score (nSPS) is 24.9. The Hall–Kier alpha value is -1.30. The van der Waals surface area contributed by atoms with E-state index in [4.69, 9.17) is 9.84 Å². The molecule has 1 aliphatic rings. The van der Waals surface area contributed by atoms with Gasteiger partial charge < -0.3 is 15.2 Å². The van der Waals surface area contributed by atoms with Crippen LogP contribution in [0.15, 0.2) is 0 Å². The number of ether oxygens (including phenoxy) is 1. The molecule has 0 aromatic heterocycles. The molecule has 116 valence electrons. The highest BCUT2D eigenvalue weighted by Gasteiger charge is 2.31. The Morgan fingerprint density at radius 1 is 1.40 bits per heavy atom. The Labute approximate surface area is 120 Å². The van der Waals surface area contributed by atoms with Gasteiger partial charge in [0.05, 0.1) is 6.61 Å². The standard InChI is InChI=1S/C14H26N2O4/c1-4-10(3)16-8-11(7-13(17)18)6-12(9-16)15-14(19)20-5-2/h10-12H,4-9H2,1-3H3,(H,15,19)(H,17,18). The molecule has 3 atom stereocenters. The molecule has 0 radical (unpaired) electrons. The molecule has 0 bridgehead atoms. The number of nitrogens with one attached hydrogen (secondary N) is 1. The maximum absolute atomic E-state index is 11.5. The van der Waals surface area contributed by atoms with Crippen molar-refractivity contribution in [1.29, 1.82) is 0 Å². The van der Waals surface area contributed by atoms with Crippen LogP contribution in [0.5, 0.6) is 0 Å². The van der Waals surface area contributed by atoms with Gasteiger partial charge in [0, 0.05) is 31.6 Å². The van der Waals surface area contributed by atoms with Crippen LogP contribution in [0.1, 0.15) is 40.0 Å². The zero-order chi connectivity index (χ0) is 15.1. The van der Waals surface area contributed by atoms with E-state index >= 15 is 0 Å². The fraction of sp³-hybridized carbons (Fsp3) is 0.857. The number of alkyl carbamates (subject to hydrolysis) is 1. The Morgan fingerprint density at radius 2 is 2.10 bits per heavy atom. The molecule has 6 heteroatoms. The Kier molecular flexibility index (Phi) is 6.78. The number of likely N-dealkylation sites (tertiary alicyclic amines) is 1. The van der Waals surface area contributed by atoms with Gasteiger partial charge in [0.1, 0.15) is 0 Å². The fourth-order valence-corrected chi connectivity index (χ4v) is 2.70. The molecule has 20 heavy (non-hydrogen) atoms. The van der Waals surface area contributed by atoms with Gasteiger partial charge >= 0.3 is 12.1 Å². The van der Waals surface area contributed by atoms with Gasteiger partial charge in [-0.3, -0.25) is 9.69 Å². The lowest BCUT2D eigenvalue weighted by Crippen LogP contribution is -2.53. The summed E-state index contributed by atoms with van der Waals surface area (Å²) in [5.74, 6) is -0.710. The highest BCUT2D eigenvalue weighted by molar-refractivity contribution is 5.68. The van der Waals surface area contributed by atoms with E-state index in [1.165, 1.54) is 0 Å². The van der Waals surface area contributed by atoms with Crippen molar-refractivity contribution in [3.8, 4) is 0 Å². The van der Waals surface area contributed by atoms with Gasteiger partial charge in [-0.05, 0) is 32.6 Å². The van der Waals surface area contributed by atoms with E-state index in [0.29, 0.717) is 19.1 Å². The number of carboxylic acids is 1. The monoisotopic (exact) mass is 286 g/mol. The Bertz CT molecular complexity index is 335. The Morgan fingerprint density at radius 3 is 2.65 bits per heavy atom. The molecule has 1 amide bonds. The molecule has 3 unspecified atom stereocenters. The predicted octanol–water partition coefficient (Wildman–Crippen LogP) is 1.70. The average molecular weight is 286 g/mol. The van der Waals surface area contributed by atoms with Crippen molar-refractivity contribution in [2.24, 2.45) is 5.92 Å². The maximum atomic E-state index is 11.5. The third-order valence-corrected chi connectivity index (χ3v) is 3.84. The summed E-state index contributed by atoms with van der Waals surface area (Å²) in [5, 5.41) is 11.8. The van der Waals surface area contributed by atoms with Crippen LogP contribution >= 0.6 is 0 Å². The number of aliphatic carboxylic acids is 1. The first-order valence-corrected chi connectivity index (χ1v) is 7.35. The van der Waals surface area contributed by atoms with Gasteiger partial charge in [0.15, 0.2) is 0 Å². The molecule has 1 saturated heterocycles. The van der Waals surface area contributed by atoms with Crippen molar-refractivity contribution < 1.29 is 19.4 Å². The molecule has 1 fully saturated rings. The molecule has 1 aliphatic heterocycles. The van der Waals surface area contributed by atoms with Crippen LogP contribution in [0.25, 0.3) is 0 Å². The highest BCUT2D eigenvalue weighted by atomic mass is 16.5. The molecule has 0 spiro atoms. The second-order valence-corrected chi connectivity index (χ2v) is 5.47. The Balaban J connectivity index is 2.63. The summed E-state index contributed by atoms with van der Waals surface area (Å²) in [6, 6.07) is 0.347. The summed E-state index contributed by atoms with van der Waals surface area (Å²) in [4.78, 5) is 24.7. The molecular weight excluding hydrogens is 260 g/mol. The van der Waals surface area contributed by atoms with E-state index in [1.54, 1.807) is 6.92 Å². The lowest BCUT2D eigenvalue weighted by Gasteiger charge is -2.40. The number of amides is 1. The molecule has 0 aromatic rings. The summed E-state index contributed by atoms with van der Waals surface area (Å²) < 4.78 is 4.90. The van der Waals surface area contributed by atoms with E-state index in [0.717, 1.165) is 19.5 Å². The molecule has 1 rings (SSSR count). The molecule has 0 saturated carbocycles. The number of carbonyl (C=O) groups is 2. The minimum absolute atomic E-state index is 0.0406. The first-order chi connectivity index (χ1) is 9.46. The lowest BCUT2D eigenvalue weighted by atomic mass is 9.90. The predicted molar refractivity (Wildman–Crippen MR) is 75.6 cm³/mol. The zero-order valence-electron chi connectivity index (χ0n) is 12.6. The molecule has 1 heterocycles. The summed E-state index contributed by atoms with van der Waals surface area (Å²) in [5.41, 5.74) is 0. The van der Waals surface area contributed by atoms with E-state index in [-0.39, 0.29) is 18.4 Å². The van der Waals surface area contributed by atoms with Crippen LogP contribution in [-0.4, -0.2) is 53.8 Å². The van der Waals surface area contributed by atoms with Crippen molar-refractivity contribution in [3.05, 3.63) is 0 Å². The SMILES string of the molecule is CCOC(=O)NC1CC(CC(=O)O)CN(C(C)CC)C1. The van der Waals surface area contributed by atoms with Crippen LogP contribution in [0.4, 0.5) is 4.79 Å². The zero-order valence-corrected chi connectivity index (χ0v) is 12.6. The van der Waals surface area contributed by atoms with Gasteiger partial charge in [-0.25, -0.2) is 4.79 Å². The number of hydrogen-bond donors (Lipinski definition) is 2. The van der Waals surface area contributed by atoms with Crippen molar-refractivity contribution in [1.82, 2.24) is 10.2 Å². The number of carbonyl (C=O) groups excluding carboxylic acids is 1. The third kappa shape index (κ3) is 5.36. The van der Waals surface area contributed by atoms with Crippen molar-refractivity contribution in [3.63, 3.8) is 0 Å². The van der Waals surface area contributed by atoms with E-state index in [9.17, 15) is 9.59 Å². The minimum atomic E-state index is -0.782. The molecule has 6 nitrogen and oxygen atoms in total. The van der Waals surface area contributed by atoms with Crippen LogP contribution in [0, 0.1) is 5.92 Å². The molecular formula is C14H26N2O4. The second kappa shape index (κ2) is 8.09. The summed E-state index contributed by atoms with van der Waals surface area (Å²) >= 11 is 0. The number of rotatable bonds is 6. The van der Waals surface area contributed by atoms with E-state index in [1.807, 2.05) is 0 Å². The lowest BCUT2D eigenvalue weighted by molar-refractivity contribution is -0.138. The van der Waals surface area contributed by atoms with E-state index in [2.05, 4.69) is 24.1 Å². The van der Waals surface area contributed by atoms with Gasteiger partial charge in [0.25, 0.3) is 0 Å². The van der Waals surface area contributed by atoms with Crippen molar-refractivity contribution in [2.45, 2.75) is 52.1 Å².